The van der Waals surface area contributed by atoms with Gasteiger partial charge in [-0.25, -0.2) is 4.39 Å². The fourth-order valence-electron chi connectivity index (χ4n) is 3.58. The molecule has 8 nitrogen and oxygen atoms in total. The van der Waals surface area contributed by atoms with Crippen LogP contribution in [0, 0.1) is 5.82 Å². The number of aromatic amines is 1. The van der Waals surface area contributed by atoms with Crippen molar-refractivity contribution in [3.63, 3.8) is 0 Å². The lowest BCUT2D eigenvalue weighted by Gasteiger charge is -2.38. The summed E-state index contributed by atoms with van der Waals surface area (Å²) in [6, 6.07) is 14.0. The summed E-state index contributed by atoms with van der Waals surface area (Å²) in [6.07, 6.45) is -0.987. The van der Waals surface area contributed by atoms with Gasteiger partial charge in [-0.05, 0) is 29.8 Å². The van der Waals surface area contributed by atoms with Gasteiger partial charge in [0.25, 0.3) is 5.91 Å². The number of carbonyl (C=O) groups is 2. The molecule has 2 amide bonds. The summed E-state index contributed by atoms with van der Waals surface area (Å²) in [5.41, 5.74) is 2.05. The lowest BCUT2D eigenvalue weighted by Crippen LogP contribution is -2.51. The number of morpholine rings is 1. The second-order valence-electron chi connectivity index (χ2n) is 7.09. The minimum atomic E-state index is -0.987. The molecule has 1 aliphatic rings. The maximum absolute atomic E-state index is 13.4. The molecule has 0 saturated carbocycles. The molecule has 31 heavy (non-hydrogen) atoms. The molecule has 1 fully saturated rings. The summed E-state index contributed by atoms with van der Waals surface area (Å²) in [7, 11) is 3.17. The molecule has 2 atom stereocenters. The van der Waals surface area contributed by atoms with Crippen molar-refractivity contribution in [1.29, 1.82) is 0 Å². The molecule has 1 aromatic heterocycles. The van der Waals surface area contributed by atoms with Crippen LogP contribution < -0.4 is 10.1 Å². The van der Waals surface area contributed by atoms with Gasteiger partial charge in [0.05, 0.1) is 18.8 Å². The summed E-state index contributed by atoms with van der Waals surface area (Å²) in [4.78, 5) is 26.6. The predicted molar refractivity (Wildman–Crippen MR) is 111 cm³/mol. The van der Waals surface area contributed by atoms with Crippen molar-refractivity contribution in [2.24, 2.45) is 0 Å². The first kappa shape index (κ1) is 20.5. The van der Waals surface area contributed by atoms with E-state index < -0.39 is 23.9 Å². The summed E-state index contributed by atoms with van der Waals surface area (Å²) in [5, 5.41) is 9.75. The Morgan fingerprint density at radius 2 is 2.00 bits per heavy atom. The van der Waals surface area contributed by atoms with Gasteiger partial charge in [-0.2, -0.15) is 5.10 Å². The number of halogens is 1. The zero-order chi connectivity index (χ0) is 22.0. The van der Waals surface area contributed by atoms with Gasteiger partial charge >= 0.3 is 0 Å². The molecule has 2 unspecified atom stereocenters. The van der Waals surface area contributed by atoms with Gasteiger partial charge in [0.1, 0.15) is 18.2 Å². The number of H-pyrrole nitrogens is 1. The largest absolute Gasteiger partial charge is 0.496 e. The van der Waals surface area contributed by atoms with Gasteiger partial charge in [-0.3, -0.25) is 14.7 Å². The van der Waals surface area contributed by atoms with Crippen molar-refractivity contribution >= 4 is 17.6 Å². The average Bonchev–Trinajstić information content (AvgIpc) is 3.24. The van der Waals surface area contributed by atoms with Crippen LogP contribution in [0.4, 0.5) is 10.2 Å². The van der Waals surface area contributed by atoms with E-state index in [9.17, 15) is 14.0 Å². The topological polar surface area (TPSA) is 96.5 Å². The maximum atomic E-state index is 13.4. The first-order valence-electron chi connectivity index (χ1n) is 9.60. The molecular formula is C22H21FN4O4. The van der Waals surface area contributed by atoms with Crippen LogP contribution in [0.15, 0.2) is 54.6 Å². The lowest BCUT2D eigenvalue weighted by atomic mass is 9.97. The van der Waals surface area contributed by atoms with Gasteiger partial charge in [0, 0.05) is 18.7 Å². The molecule has 4 rings (SSSR count). The number of nitrogens with one attached hydrogen (secondary N) is 2. The fourth-order valence-corrected chi connectivity index (χ4v) is 3.58. The van der Waals surface area contributed by atoms with Gasteiger partial charge in [-0.1, -0.05) is 24.3 Å². The van der Waals surface area contributed by atoms with Gasteiger partial charge in [0.15, 0.2) is 11.9 Å². The molecule has 1 aliphatic heterocycles. The SMILES string of the molecule is COc1ccccc1-c1cc(NC(=O)C2OCC(=O)N(C)C2c2ccc(F)cc2)n[nH]1. The molecule has 2 aromatic carbocycles. The number of aromatic nitrogens is 2. The Labute approximate surface area is 178 Å². The molecule has 0 radical (unpaired) electrons. The first-order valence-corrected chi connectivity index (χ1v) is 9.60. The van der Waals surface area contributed by atoms with E-state index in [0.717, 1.165) is 5.56 Å². The molecule has 9 heteroatoms. The van der Waals surface area contributed by atoms with Gasteiger partial charge in [-0.15, -0.1) is 0 Å². The van der Waals surface area contributed by atoms with Gasteiger partial charge < -0.3 is 19.7 Å². The van der Waals surface area contributed by atoms with Crippen LogP contribution in [0.3, 0.4) is 0 Å². The predicted octanol–water partition coefficient (Wildman–Crippen LogP) is 2.76. The number of hydrogen-bond donors (Lipinski definition) is 2. The van der Waals surface area contributed by atoms with Crippen LogP contribution >= 0.6 is 0 Å². The molecular weight excluding hydrogens is 403 g/mol. The number of anilines is 1. The van der Waals surface area contributed by atoms with Crippen LogP contribution in [-0.4, -0.2) is 53.8 Å². The minimum Gasteiger partial charge on any atom is -0.496 e. The highest BCUT2D eigenvalue weighted by molar-refractivity contribution is 5.96. The van der Waals surface area contributed by atoms with E-state index in [1.54, 1.807) is 20.2 Å². The lowest BCUT2D eigenvalue weighted by molar-refractivity contribution is -0.160. The Kier molecular flexibility index (Phi) is 5.68. The van der Waals surface area contributed by atoms with Crippen molar-refractivity contribution in [1.82, 2.24) is 15.1 Å². The van der Waals surface area contributed by atoms with Crippen LogP contribution in [0.5, 0.6) is 5.75 Å². The molecule has 0 aliphatic carbocycles. The van der Waals surface area contributed by atoms with Gasteiger partial charge in [0.2, 0.25) is 5.91 Å². The standard InChI is InChI=1S/C22H21FN4O4/c1-27-19(28)12-31-21(20(27)13-7-9-14(23)10-8-13)22(29)24-18-11-16(25-26-18)15-5-3-4-6-17(15)30-2/h3-11,20-21H,12H2,1-2H3,(H2,24,25,26,29). The summed E-state index contributed by atoms with van der Waals surface area (Å²) >= 11 is 0. The number of carbonyl (C=O) groups excluding carboxylic acids is 2. The number of amides is 2. The number of rotatable bonds is 5. The Bertz CT molecular complexity index is 1100. The number of benzene rings is 2. The maximum Gasteiger partial charge on any atom is 0.257 e. The van der Waals surface area contributed by atoms with E-state index in [-0.39, 0.29) is 12.5 Å². The summed E-state index contributed by atoms with van der Waals surface area (Å²) < 4.78 is 24.3. The second-order valence-corrected chi connectivity index (χ2v) is 7.09. The molecule has 0 spiro atoms. The highest BCUT2D eigenvalue weighted by atomic mass is 19.1. The second kappa shape index (κ2) is 8.57. The van der Waals surface area contributed by atoms with Crippen LogP contribution in [0.25, 0.3) is 11.3 Å². The Balaban J connectivity index is 1.56. The molecule has 2 heterocycles. The van der Waals surface area contributed by atoms with E-state index in [0.29, 0.717) is 22.8 Å². The zero-order valence-electron chi connectivity index (χ0n) is 17.0. The molecule has 1 saturated heterocycles. The number of likely N-dealkylation sites (N-methyl/N-ethyl adjacent to an activating group) is 1. The van der Waals surface area contributed by atoms with Crippen molar-refractivity contribution in [2.75, 3.05) is 26.1 Å². The monoisotopic (exact) mass is 424 g/mol. The number of hydrogen-bond acceptors (Lipinski definition) is 5. The fraction of sp³-hybridized carbons (Fsp3) is 0.227. The van der Waals surface area contributed by atoms with E-state index >= 15 is 0 Å². The minimum absolute atomic E-state index is 0.223. The Morgan fingerprint density at radius 1 is 1.26 bits per heavy atom. The molecule has 160 valence electrons. The quantitative estimate of drug-likeness (QED) is 0.657. The van der Waals surface area contributed by atoms with E-state index in [2.05, 4.69) is 15.5 Å². The number of para-hydroxylation sites is 1. The van der Waals surface area contributed by atoms with E-state index in [1.807, 2.05) is 24.3 Å². The van der Waals surface area contributed by atoms with Crippen LogP contribution in [-0.2, 0) is 14.3 Å². The third-order valence-corrected chi connectivity index (χ3v) is 5.18. The van der Waals surface area contributed by atoms with E-state index in [4.69, 9.17) is 9.47 Å². The van der Waals surface area contributed by atoms with Crippen LogP contribution in [0.2, 0.25) is 0 Å². The molecule has 2 N–H and O–H groups in total. The average molecular weight is 424 g/mol. The normalized spacial score (nSPS) is 18.7. The molecule has 0 bridgehead atoms. The van der Waals surface area contributed by atoms with Crippen molar-refractivity contribution in [2.45, 2.75) is 12.1 Å². The van der Waals surface area contributed by atoms with Crippen molar-refractivity contribution in [3.05, 3.63) is 66.0 Å². The highest BCUT2D eigenvalue weighted by Gasteiger charge is 2.40. The van der Waals surface area contributed by atoms with Crippen molar-refractivity contribution in [3.8, 4) is 17.0 Å². The number of methoxy groups -OCH3 is 1. The van der Waals surface area contributed by atoms with E-state index in [1.165, 1.54) is 29.2 Å². The molecule has 3 aromatic rings. The summed E-state index contributed by atoms with van der Waals surface area (Å²) in [5.74, 6) is -0.178. The Morgan fingerprint density at radius 3 is 2.74 bits per heavy atom. The third kappa shape index (κ3) is 4.13. The number of ether oxygens (including phenoxy) is 2. The van der Waals surface area contributed by atoms with Crippen molar-refractivity contribution < 1.29 is 23.5 Å². The first-order chi connectivity index (χ1) is 15.0. The Hall–Kier alpha value is -3.72. The van der Waals surface area contributed by atoms with Crippen LogP contribution in [0.1, 0.15) is 11.6 Å². The zero-order valence-corrected chi connectivity index (χ0v) is 17.0. The number of nitrogens with zero attached hydrogens (tertiary/aromatic N) is 2. The summed E-state index contributed by atoms with van der Waals surface area (Å²) in [6.45, 7) is -0.223. The third-order valence-electron chi connectivity index (χ3n) is 5.18. The highest BCUT2D eigenvalue weighted by Crippen LogP contribution is 2.31. The smallest absolute Gasteiger partial charge is 0.257 e.